The number of ether oxygens (including phenoxy) is 1. The molecule has 3 aromatic rings. The molecule has 0 bridgehead atoms. The number of halogens is 3. The van der Waals surface area contributed by atoms with E-state index in [0.717, 1.165) is 54.2 Å². The van der Waals surface area contributed by atoms with Gasteiger partial charge in [0.25, 0.3) is 0 Å². The molecule has 8 heteroatoms. The summed E-state index contributed by atoms with van der Waals surface area (Å²) in [6.45, 7) is 11.1. The van der Waals surface area contributed by atoms with Crippen LogP contribution in [0, 0.1) is 0 Å². The molecule has 2 aromatic carbocycles. The van der Waals surface area contributed by atoms with Crippen molar-refractivity contribution in [1.82, 2.24) is 9.55 Å². The number of fused-ring (bicyclic) bond motifs is 2. The number of carbonyl (C=O) groups is 1. The van der Waals surface area contributed by atoms with E-state index < -0.39 is 18.0 Å². The number of carboxylic acids is 1. The molecule has 0 amide bonds. The van der Waals surface area contributed by atoms with Gasteiger partial charge in [-0.3, -0.25) is 4.57 Å². The van der Waals surface area contributed by atoms with Crippen LogP contribution in [0.2, 0.25) is 0 Å². The third-order valence-corrected chi connectivity index (χ3v) is 7.58. The van der Waals surface area contributed by atoms with Crippen LogP contribution in [0.4, 0.5) is 13.2 Å². The zero-order valence-electron chi connectivity index (χ0n) is 22.1. The third kappa shape index (κ3) is 5.20. The Bertz CT molecular complexity index is 1320. The number of benzene rings is 2. The molecule has 0 unspecified atom stereocenters. The van der Waals surface area contributed by atoms with Gasteiger partial charge in [-0.2, -0.15) is 13.2 Å². The van der Waals surface area contributed by atoms with Crippen LogP contribution in [0.5, 0.6) is 5.75 Å². The van der Waals surface area contributed by atoms with Crippen LogP contribution in [0.25, 0.3) is 16.7 Å². The van der Waals surface area contributed by atoms with Gasteiger partial charge in [0, 0.05) is 0 Å². The number of aromatic carboxylic acids is 1. The zero-order chi connectivity index (χ0) is 27.2. The number of hydrogen-bond donors (Lipinski definition) is 1. The van der Waals surface area contributed by atoms with Crippen LogP contribution in [0.3, 0.4) is 0 Å². The highest BCUT2D eigenvalue weighted by atomic mass is 19.4. The fourth-order valence-corrected chi connectivity index (χ4v) is 5.23. The molecule has 0 saturated carbocycles. The summed E-state index contributed by atoms with van der Waals surface area (Å²) in [6.07, 6.45) is 1.03. The first-order chi connectivity index (χ1) is 17.3. The minimum Gasteiger partial charge on any atom is -0.491 e. The summed E-state index contributed by atoms with van der Waals surface area (Å²) in [7, 11) is 0. The fraction of sp³-hybridized carbons (Fsp3) is 0.517. The second-order valence-corrected chi connectivity index (χ2v) is 11.3. The summed E-state index contributed by atoms with van der Waals surface area (Å²) >= 11 is 0. The molecule has 1 N–H and O–H groups in total. The predicted molar refractivity (Wildman–Crippen MR) is 138 cm³/mol. The summed E-state index contributed by atoms with van der Waals surface area (Å²) in [6, 6.07) is 7.63. The molecule has 0 saturated heterocycles. The van der Waals surface area contributed by atoms with Gasteiger partial charge in [-0.1, -0.05) is 53.9 Å². The molecule has 4 rings (SSSR count). The molecular formula is C29H35F3N2O3. The number of nitrogens with zero attached hydrogens (tertiary/aromatic N) is 2. The summed E-state index contributed by atoms with van der Waals surface area (Å²) in [5, 5.41) is 9.36. The van der Waals surface area contributed by atoms with Gasteiger partial charge >= 0.3 is 12.1 Å². The molecular weight excluding hydrogens is 481 g/mol. The van der Waals surface area contributed by atoms with E-state index in [2.05, 4.69) is 39.6 Å². The Hall–Kier alpha value is -3.03. The van der Waals surface area contributed by atoms with Crippen LogP contribution in [-0.4, -0.2) is 27.2 Å². The Morgan fingerprint density at radius 2 is 1.68 bits per heavy atom. The highest BCUT2D eigenvalue weighted by Gasteiger charge is 2.41. The minimum absolute atomic E-state index is 0.0292. The molecule has 1 aliphatic rings. The van der Waals surface area contributed by atoms with Crippen LogP contribution < -0.4 is 4.74 Å². The first kappa shape index (κ1) is 27.0. The van der Waals surface area contributed by atoms with Crippen molar-refractivity contribution in [3.05, 3.63) is 52.8 Å². The molecule has 0 fully saturated rings. The number of hydrogen-bond acceptors (Lipinski definition) is 3. The largest absolute Gasteiger partial charge is 0.491 e. The van der Waals surface area contributed by atoms with E-state index in [1.807, 2.05) is 12.1 Å². The van der Waals surface area contributed by atoms with Crippen LogP contribution in [-0.2, 0) is 17.0 Å². The molecule has 1 aliphatic carbocycles. The lowest BCUT2D eigenvalue weighted by atomic mass is 9.63. The summed E-state index contributed by atoms with van der Waals surface area (Å²) in [5.41, 5.74) is 2.01. The molecule has 0 aliphatic heterocycles. The Morgan fingerprint density at radius 3 is 2.27 bits per heavy atom. The monoisotopic (exact) mass is 516 g/mol. The normalized spacial score (nSPS) is 16.5. The molecule has 0 atom stereocenters. The molecule has 200 valence electrons. The lowest BCUT2D eigenvalue weighted by Crippen LogP contribution is -2.34. The van der Waals surface area contributed by atoms with E-state index in [4.69, 9.17) is 4.74 Å². The highest BCUT2D eigenvalue weighted by molar-refractivity contribution is 5.93. The quantitative estimate of drug-likeness (QED) is 0.308. The van der Waals surface area contributed by atoms with Crippen LogP contribution in [0.15, 0.2) is 30.3 Å². The van der Waals surface area contributed by atoms with Gasteiger partial charge in [0.1, 0.15) is 5.75 Å². The SMILES string of the molecule is CCCCCCOc1cc2c(cc1-n1c(C(F)(F)F)nc3cc(C(=O)O)ccc31)C(C)(C)CCC2(C)C. The van der Waals surface area contributed by atoms with Crippen molar-refractivity contribution >= 4 is 17.0 Å². The lowest BCUT2D eigenvalue weighted by Gasteiger charge is -2.42. The van der Waals surface area contributed by atoms with Crippen molar-refractivity contribution in [3.8, 4) is 11.4 Å². The number of rotatable bonds is 8. The van der Waals surface area contributed by atoms with E-state index in [-0.39, 0.29) is 33.1 Å². The van der Waals surface area contributed by atoms with E-state index in [0.29, 0.717) is 12.4 Å². The second kappa shape index (κ2) is 9.69. The zero-order valence-corrected chi connectivity index (χ0v) is 22.1. The maximum Gasteiger partial charge on any atom is 0.450 e. The lowest BCUT2D eigenvalue weighted by molar-refractivity contribution is -0.145. The van der Waals surface area contributed by atoms with E-state index in [9.17, 15) is 23.1 Å². The number of unbranched alkanes of at least 4 members (excludes halogenated alkanes) is 3. The van der Waals surface area contributed by atoms with Crippen molar-refractivity contribution in [2.45, 2.75) is 90.1 Å². The smallest absolute Gasteiger partial charge is 0.450 e. The Kier molecular flexibility index (Phi) is 7.08. The molecule has 1 heterocycles. The van der Waals surface area contributed by atoms with Gasteiger partial charge in [0.15, 0.2) is 0 Å². The van der Waals surface area contributed by atoms with E-state index in [1.54, 1.807) is 0 Å². The Labute approximate surface area is 215 Å². The molecule has 0 radical (unpaired) electrons. The molecule has 1 aromatic heterocycles. The number of aromatic nitrogens is 2. The van der Waals surface area contributed by atoms with E-state index >= 15 is 0 Å². The Morgan fingerprint density at radius 1 is 1.03 bits per heavy atom. The molecule has 37 heavy (non-hydrogen) atoms. The average molecular weight is 517 g/mol. The first-order valence-electron chi connectivity index (χ1n) is 12.9. The van der Waals surface area contributed by atoms with Crippen molar-refractivity contribution < 1.29 is 27.8 Å². The van der Waals surface area contributed by atoms with E-state index in [1.165, 1.54) is 18.2 Å². The van der Waals surface area contributed by atoms with Gasteiger partial charge in [-0.15, -0.1) is 0 Å². The minimum atomic E-state index is -4.76. The maximum atomic E-state index is 14.3. The number of carboxylic acid groups (broad SMARTS) is 1. The summed E-state index contributed by atoms with van der Waals surface area (Å²) < 4.78 is 50.3. The van der Waals surface area contributed by atoms with Gasteiger partial charge in [-0.25, -0.2) is 9.78 Å². The van der Waals surface area contributed by atoms with Gasteiger partial charge in [0.2, 0.25) is 5.82 Å². The molecule has 0 spiro atoms. The maximum absolute atomic E-state index is 14.3. The summed E-state index contributed by atoms with van der Waals surface area (Å²) in [5.74, 6) is -1.94. The Balaban J connectivity index is 1.98. The van der Waals surface area contributed by atoms with Crippen molar-refractivity contribution in [2.75, 3.05) is 6.61 Å². The van der Waals surface area contributed by atoms with Crippen LogP contribution in [0.1, 0.15) is 100 Å². The molecule has 5 nitrogen and oxygen atoms in total. The summed E-state index contributed by atoms with van der Waals surface area (Å²) in [4.78, 5) is 15.3. The fourth-order valence-electron chi connectivity index (χ4n) is 5.23. The average Bonchev–Trinajstić information content (AvgIpc) is 3.21. The highest BCUT2D eigenvalue weighted by Crippen LogP contribution is 2.49. The number of alkyl halides is 3. The topological polar surface area (TPSA) is 64.4 Å². The van der Waals surface area contributed by atoms with Crippen LogP contribution >= 0.6 is 0 Å². The van der Waals surface area contributed by atoms with Crippen molar-refractivity contribution in [2.24, 2.45) is 0 Å². The van der Waals surface area contributed by atoms with Gasteiger partial charge in [-0.05, 0) is 71.6 Å². The third-order valence-electron chi connectivity index (χ3n) is 7.58. The van der Waals surface area contributed by atoms with Gasteiger partial charge in [0.05, 0.1) is 28.9 Å². The van der Waals surface area contributed by atoms with Crippen molar-refractivity contribution in [3.63, 3.8) is 0 Å². The number of imidazole rings is 1. The standard InChI is InChI=1S/C29H35F3N2O3/c1-6-7-8-9-14-37-24-17-20-19(27(2,3)12-13-28(20,4)5)16-23(24)34-22-11-10-18(25(35)36)15-21(22)33-26(34)29(30,31)32/h10-11,15-17H,6-9,12-14H2,1-5H3,(H,35,36). The van der Waals surface area contributed by atoms with Gasteiger partial charge < -0.3 is 9.84 Å². The first-order valence-corrected chi connectivity index (χ1v) is 12.9. The second-order valence-electron chi connectivity index (χ2n) is 11.3. The van der Waals surface area contributed by atoms with Crippen molar-refractivity contribution in [1.29, 1.82) is 0 Å². The predicted octanol–water partition coefficient (Wildman–Crippen LogP) is 8.05.